The molecule has 1 saturated carbocycles. The number of phenolic OH excluding ortho intramolecular Hbond substituents is 1. The van der Waals surface area contributed by atoms with Gasteiger partial charge < -0.3 is 25.0 Å². The van der Waals surface area contributed by atoms with Crippen molar-refractivity contribution in [1.82, 2.24) is 5.32 Å². The highest BCUT2D eigenvalue weighted by molar-refractivity contribution is 5.85. The van der Waals surface area contributed by atoms with E-state index in [1.54, 1.807) is 12.1 Å². The Morgan fingerprint density at radius 3 is 2.24 bits per heavy atom. The minimum Gasteiger partial charge on any atom is -0.502 e. The molecule has 1 aliphatic rings. The summed E-state index contributed by atoms with van der Waals surface area (Å²) in [5.74, 6) is 0.117. The number of phenols is 1. The molecule has 1 aliphatic carbocycles. The molecule has 0 heterocycles. The maximum absolute atomic E-state index is 12.0. The second-order valence-electron chi connectivity index (χ2n) is 5.27. The molecule has 6 nitrogen and oxygen atoms in total. The first-order chi connectivity index (χ1) is 10.00. The number of carbonyl (C=O) groups is 1. The number of hydrogen-bond acceptors (Lipinski definition) is 5. The van der Waals surface area contributed by atoms with E-state index in [1.165, 1.54) is 14.2 Å². The van der Waals surface area contributed by atoms with Crippen molar-refractivity contribution in [2.24, 2.45) is 0 Å². The average Bonchev–Trinajstić information content (AvgIpc) is 2.93. The Morgan fingerprint density at radius 1 is 1.24 bits per heavy atom. The fourth-order valence-corrected chi connectivity index (χ4v) is 2.58. The first-order valence-corrected chi connectivity index (χ1v) is 6.94. The Labute approximate surface area is 123 Å². The lowest BCUT2D eigenvalue weighted by atomic mass is 10.0. The molecule has 1 aromatic rings. The highest BCUT2D eigenvalue weighted by Crippen LogP contribution is 2.37. The van der Waals surface area contributed by atoms with Crippen LogP contribution in [0.1, 0.15) is 31.2 Å². The van der Waals surface area contributed by atoms with Crippen molar-refractivity contribution in [3.63, 3.8) is 0 Å². The Kier molecular flexibility index (Phi) is 4.57. The Hall–Kier alpha value is -1.95. The van der Waals surface area contributed by atoms with Crippen LogP contribution < -0.4 is 14.8 Å². The molecular weight excluding hydrogens is 274 g/mol. The Bertz CT molecular complexity index is 498. The lowest BCUT2D eigenvalue weighted by molar-refractivity contribution is -0.139. The van der Waals surface area contributed by atoms with E-state index in [4.69, 9.17) is 9.47 Å². The van der Waals surface area contributed by atoms with E-state index in [2.05, 4.69) is 5.32 Å². The van der Waals surface area contributed by atoms with E-state index in [1.807, 2.05) is 0 Å². The monoisotopic (exact) mass is 295 g/mol. The summed E-state index contributed by atoms with van der Waals surface area (Å²) in [6.07, 6.45) is 2.73. The van der Waals surface area contributed by atoms with Crippen molar-refractivity contribution in [3.05, 3.63) is 17.7 Å². The lowest BCUT2D eigenvalue weighted by Crippen LogP contribution is -2.44. The second-order valence-corrected chi connectivity index (χ2v) is 5.27. The van der Waals surface area contributed by atoms with E-state index in [0.717, 1.165) is 18.4 Å². The van der Waals surface area contributed by atoms with Crippen molar-refractivity contribution < 1.29 is 24.5 Å². The molecule has 116 valence electrons. The van der Waals surface area contributed by atoms with Crippen LogP contribution in [0.15, 0.2) is 12.1 Å². The zero-order valence-corrected chi connectivity index (χ0v) is 12.3. The molecule has 0 bridgehead atoms. The van der Waals surface area contributed by atoms with E-state index < -0.39 is 5.60 Å². The molecule has 0 unspecified atom stereocenters. The van der Waals surface area contributed by atoms with Crippen molar-refractivity contribution in [2.75, 3.05) is 14.2 Å². The first-order valence-electron chi connectivity index (χ1n) is 6.94. The molecule has 2 rings (SSSR count). The topological polar surface area (TPSA) is 88.0 Å². The highest BCUT2D eigenvalue weighted by Gasteiger charge is 2.38. The molecule has 1 fully saturated rings. The summed E-state index contributed by atoms with van der Waals surface area (Å²) >= 11 is 0. The summed E-state index contributed by atoms with van der Waals surface area (Å²) in [6.45, 7) is 0.230. The van der Waals surface area contributed by atoms with Gasteiger partial charge in [-0.15, -0.1) is 0 Å². The van der Waals surface area contributed by atoms with Crippen LogP contribution in [0.25, 0.3) is 0 Å². The zero-order valence-electron chi connectivity index (χ0n) is 12.3. The highest BCUT2D eigenvalue weighted by atomic mass is 16.5. The van der Waals surface area contributed by atoms with Crippen LogP contribution in [0.3, 0.4) is 0 Å². The second kappa shape index (κ2) is 6.22. The molecule has 6 heteroatoms. The molecule has 0 spiro atoms. The molecule has 21 heavy (non-hydrogen) atoms. The van der Waals surface area contributed by atoms with Gasteiger partial charge in [0.15, 0.2) is 11.5 Å². The van der Waals surface area contributed by atoms with Crippen LogP contribution in [0, 0.1) is 0 Å². The first kappa shape index (κ1) is 15.4. The van der Waals surface area contributed by atoms with Gasteiger partial charge in [0.05, 0.1) is 14.2 Å². The van der Waals surface area contributed by atoms with Crippen LogP contribution in [0.4, 0.5) is 0 Å². The number of hydrogen-bond donors (Lipinski definition) is 3. The van der Waals surface area contributed by atoms with Crippen LogP contribution in [0.2, 0.25) is 0 Å². The number of amides is 1. The minimum absolute atomic E-state index is 0.0792. The summed E-state index contributed by atoms with van der Waals surface area (Å²) in [4.78, 5) is 12.0. The number of benzene rings is 1. The number of nitrogens with one attached hydrogen (secondary N) is 1. The molecule has 0 atom stereocenters. The van der Waals surface area contributed by atoms with E-state index in [-0.39, 0.29) is 29.7 Å². The normalized spacial score (nSPS) is 16.5. The van der Waals surface area contributed by atoms with E-state index in [9.17, 15) is 15.0 Å². The maximum atomic E-state index is 12.0. The molecular formula is C15H21NO5. The summed E-state index contributed by atoms with van der Waals surface area (Å²) < 4.78 is 10.1. The predicted octanol–water partition coefficient (Wildman–Crippen LogP) is 1.33. The fourth-order valence-electron chi connectivity index (χ4n) is 2.58. The van der Waals surface area contributed by atoms with Crippen LogP contribution in [0.5, 0.6) is 17.2 Å². The van der Waals surface area contributed by atoms with Gasteiger partial charge in [-0.2, -0.15) is 0 Å². The largest absolute Gasteiger partial charge is 0.502 e. The summed E-state index contributed by atoms with van der Waals surface area (Å²) in [5, 5.41) is 22.7. The van der Waals surface area contributed by atoms with Gasteiger partial charge in [0, 0.05) is 6.54 Å². The maximum Gasteiger partial charge on any atom is 0.252 e. The van der Waals surface area contributed by atoms with Crippen molar-refractivity contribution in [2.45, 2.75) is 37.8 Å². The number of methoxy groups -OCH3 is 2. The van der Waals surface area contributed by atoms with Gasteiger partial charge in [-0.25, -0.2) is 0 Å². The molecule has 1 amide bonds. The quantitative estimate of drug-likeness (QED) is 0.763. The molecule has 0 saturated heterocycles. The third kappa shape index (κ3) is 3.21. The molecule has 1 aromatic carbocycles. The average molecular weight is 295 g/mol. The van der Waals surface area contributed by atoms with Gasteiger partial charge in [-0.1, -0.05) is 0 Å². The molecule has 0 radical (unpaired) electrons. The van der Waals surface area contributed by atoms with Crippen LogP contribution >= 0.6 is 0 Å². The van der Waals surface area contributed by atoms with Crippen molar-refractivity contribution in [1.29, 1.82) is 0 Å². The third-order valence-electron chi connectivity index (χ3n) is 3.85. The lowest BCUT2D eigenvalue weighted by Gasteiger charge is -2.21. The van der Waals surface area contributed by atoms with E-state index >= 15 is 0 Å². The van der Waals surface area contributed by atoms with Gasteiger partial charge in [-0.3, -0.25) is 4.79 Å². The molecule has 0 aliphatic heterocycles. The number of carbonyl (C=O) groups excluding carboxylic acids is 1. The third-order valence-corrected chi connectivity index (χ3v) is 3.85. The van der Waals surface area contributed by atoms with Crippen LogP contribution in [-0.4, -0.2) is 35.9 Å². The van der Waals surface area contributed by atoms with E-state index in [0.29, 0.717) is 12.8 Å². The minimum atomic E-state index is -1.24. The van der Waals surface area contributed by atoms with Gasteiger partial charge in [0.1, 0.15) is 5.60 Å². The summed E-state index contributed by atoms with van der Waals surface area (Å²) in [5.41, 5.74) is -0.526. The fraction of sp³-hybridized carbons (Fsp3) is 0.533. The standard InChI is InChI=1S/C15H21NO5/c1-20-11-7-10(8-12(21-2)13(11)17)9-16-14(18)15(19)5-3-4-6-15/h7-8,17,19H,3-6,9H2,1-2H3,(H,16,18). The number of rotatable bonds is 5. The predicted molar refractivity (Wildman–Crippen MR) is 76.5 cm³/mol. The smallest absolute Gasteiger partial charge is 0.252 e. The number of aliphatic hydroxyl groups is 1. The number of ether oxygens (including phenoxy) is 2. The number of aromatic hydroxyl groups is 1. The Morgan fingerprint density at radius 2 is 1.76 bits per heavy atom. The van der Waals surface area contributed by atoms with Crippen molar-refractivity contribution >= 4 is 5.91 Å². The van der Waals surface area contributed by atoms with Gasteiger partial charge in [-0.05, 0) is 43.4 Å². The SMILES string of the molecule is COc1cc(CNC(=O)C2(O)CCCC2)cc(OC)c1O. The summed E-state index contributed by atoms with van der Waals surface area (Å²) in [7, 11) is 2.89. The van der Waals surface area contributed by atoms with Gasteiger partial charge >= 0.3 is 0 Å². The van der Waals surface area contributed by atoms with Crippen LogP contribution in [-0.2, 0) is 11.3 Å². The van der Waals surface area contributed by atoms with Crippen molar-refractivity contribution in [3.8, 4) is 17.2 Å². The Balaban J connectivity index is 2.08. The summed E-state index contributed by atoms with van der Waals surface area (Å²) in [6, 6.07) is 3.24. The van der Waals surface area contributed by atoms with Gasteiger partial charge in [0.2, 0.25) is 5.75 Å². The molecule has 3 N–H and O–H groups in total. The zero-order chi connectivity index (χ0) is 15.5. The van der Waals surface area contributed by atoms with Gasteiger partial charge in [0.25, 0.3) is 5.91 Å². The molecule has 0 aromatic heterocycles.